The van der Waals surface area contributed by atoms with E-state index >= 15 is 0 Å². The first-order valence-electron chi connectivity index (χ1n) is 7.08. The molecule has 1 N–H and O–H groups in total. The molecular weight excluding hydrogens is 238 g/mol. The molecule has 1 atom stereocenters. The number of rotatable bonds is 3. The lowest BCUT2D eigenvalue weighted by molar-refractivity contribution is 0.403. The second kappa shape index (κ2) is 5.07. The Morgan fingerprint density at radius 2 is 2.37 bits per heavy atom. The number of hydrogen-bond acceptors (Lipinski definition) is 4. The lowest BCUT2D eigenvalue weighted by Gasteiger charge is -2.33. The summed E-state index contributed by atoms with van der Waals surface area (Å²) in [4.78, 5) is 11.6. The van der Waals surface area contributed by atoms with Crippen molar-refractivity contribution in [2.24, 2.45) is 5.92 Å². The van der Waals surface area contributed by atoms with Gasteiger partial charge in [-0.2, -0.15) is 0 Å². The molecule has 0 aliphatic carbocycles. The van der Waals surface area contributed by atoms with E-state index in [-0.39, 0.29) is 0 Å². The maximum absolute atomic E-state index is 4.72. The van der Waals surface area contributed by atoms with Crippen LogP contribution in [0.5, 0.6) is 0 Å². The van der Waals surface area contributed by atoms with Gasteiger partial charge in [0.15, 0.2) is 11.5 Å². The highest BCUT2D eigenvalue weighted by atomic mass is 15.2. The summed E-state index contributed by atoms with van der Waals surface area (Å²) in [5.41, 5.74) is 0.954. The van der Waals surface area contributed by atoms with Gasteiger partial charge in [-0.15, -0.1) is 0 Å². The largest absolute Gasteiger partial charge is 0.372 e. The van der Waals surface area contributed by atoms with E-state index in [4.69, 9.17) is 4.98 Å². The Morgan fingerprint density at radius 1 is 1.47 bits per heavy atom. The number of fused-ring (bicyclic) bond motifs is 1. The van der Waals surface area contributed by atoms with E-state index in [1.807, 2.05) is 30.0 Å². The average molecular weight is 259 g/mol. The molecule has 1 aliphatic heterocycles. The van der Waals surface area contributed by atoms with Crippen LogP contribution in [0.3, 0.4) is 0 Å². The van der Waals surface area contributed by atoms with Crippen LogP contribution in [0.25, 0.3) is 5.65 Å². The van der Waals surface area contributed by atoms with E-state index < -0.39 is 0 Å². The van der Waals surface area contributed by atoms with Gasteiger partial charge < -0.3 is 14.6 Å². The fourth-order valence-electron chi connectivity index (χ4n) is 2.84. The van der Waals surface area contributed by atoms with E-state index in [2.05, 4.69) is 22.1 Å². The fraction of sp³-hybridized carbons (Fsp3) is 0.571. The molecule has 1 unspecified atom stereocenters. The third kappa shape index (κ3) is 2.25. The van der Waals surface area contributed by atoms with Gasteiger partial charge >= 0.3 is 0 Å². The molecule has 2 aromatic rings. The van der Waals surface area contributed by atoms with Gasteiger partial charge in [-0.1, -0.05) is 13.3 Å². The fourth-order valence-corrected chi connectivity index (χ4v) is 2.84. The topological polar surface area (TPSA) is 45.5 Å². The maximum Gasteiger partial charge on any atom is 0.180 e. The molecule has 0 amide bonds. The Labute approximate surface area is 113 Å². The van der Waals surface area contributed by atoms with Crippen LogP contribution in [0.2, 0.25) is 0 Å². The van der Waals surface area contributed by atoms with Gasteiger partial charge in [0.2, 0.25) is 0 Å². The molecule has 0 spiro atoms. The van der Waals surface area contributed by atoms with E-state index in [9.17, 15) is 0 Å². The molecule has 0 saturated carbocycles. The normalized spacial score (nSPS) is 19.9. The van der Waals surface area contributed by atoms with Crippen LogP contribution in [0.1, 0.15) is 26.2 Å². The lowest BCUT2D eigenvalue weighted by Crippen LogP contribution is -2.36. The van der Waals surface area contributed by atoms with Gasteiger partial charge in [0, 0.05) is 32.5 Å². The van der Waals surface area contributed by atoms with Crippen LogP contribution in [-0.2, 0) is 0 Å². The molecule has 3 heterocycles. The van der Waals surface area contributed by atoms with Crippen molar-refractivity contribution in [3.63, 3.8) is 0 Å². The summed E-state index contributed by atoms with van der Waals surface area (Å²) in [6.45, 7) is 4.45. The van der Waals surface area contributed by atoms with Gasteiger partial charge in [-0.25, -0.2) is 9.97 Å². The molecule has 1 saturated heterocycles. The second-order valence-electron chi connectivity index (χ2n) is 5.22. The Bertz CT molecular complexity index is 562. The van der Waals surface area contributed by atoms with Gasteiger partial charge in [-0.3, -0.25) is 0 Å². The van der Waals surface area contributed by atoms with Crippen LogP contribution in [0.4, 0.5) is 11.6 Å². The number of anilines is 2. The lowest BCUT2D eigenvalue weighted by atomic mass is 9.96. The Hall–Kier alpha value is -1.78. The Kier molecular flexibility index (Phi) is 3.27. The van der Waals surface area contributed by atoms with Crippen molar-refractivity contribution in [3.05, 3.63) is 18.6 Å². The molecule has 0 radical (unpaired) electrons. The predicted octanol–water partition coefficient (Wildman–Crippen LogP) is 2.40. The third-order valence-electron chi connectivity index (χ3n) is 4.01. The SMILES string of the molecule is CCC1CCCN(c2nc(NC)cn3ccnc23)C1. The number of aromatic nitrogens is 3. The van der Waals surface area contributed by atoms with Crippen molar-refractivity contribution >= 4 is 17.3 Å². The summed E-state index contributed by atoms with van der Waals surface area (Å²) >= 11 is 0. The molecule has 3 rings (SSSR count). The molecule has 0 aromatic carbocycles. The average Bonchev–Trinajstić information content (AvgIpc) is 2.94. The van der Waals surface area contributed by atoms with Gasteiger partial charge in [0.25, 0.3) is 0 Å². The van der Waals surface area contributed by atoms with E-state index in [0.717, 1.165) is 36.3 Å². The number of nitrogens with one attached hydrogen (secondary N) is 1. The summed E-state index contributed by atoms with van der Waals surface area (Å²) in [5, 5.41) is 3.13. The zero-order valence-corrected chi connectivity index (χ0v) is 11.6. The zero-order valence-electron chi connectivity index (χ0n) is 11.6. The molecule has 102 valence electrons. The quantitative estimate of drug-likeness (QED) is 0.919. The first-order chi connectivity index (χ1) is 9.31. The molecule has 1 aliphatic rings. The maximum atomic E-state index is 4.72. The highest BCUT2D eigenvalue weighted by molar-refractivity contribution is 5.67. The summed E-state index contributed by atoms with van der Waals surface area (Å²) in [6.07, 6.45) is 9.62. The van der Waals surface area contributed by atoms with Gasteiger partial charge in [0.05, 0.1) is 6.20 Å². The smallest absolute Gasteiger partial charge is 0.180 e. The van der Waals surface area contributed by atoms with Crippen molar-refractivity contribution in [2.45, 2.75) is 26.2 Å². The van der Waals surface area contributed by atoms with Crippen LogP contribution < -0.4 is 10.2 Å². The number of nitrogens with zero attached hydrogens (tertiary/aromatic N) is 4. The molecule has 2 aromatic heterocycles. The second-order valence-corrected chi connectivity index (χ2v) is 5.22. The molecule has 5 nitrogen and oxygen atoms in total. The molecule has 0 bridgehead atoms. The van der Waals surface area contributed by atoms with Crippen molar-refractivity contribution in [3.8, 4) is 0 Å². The minimum absolute atomic E-state index is 0.781. The number of piperidine rings is 1. The van der Waals surface area contributed by atoms with Gasteiger partial charge in [-0.05, 0) is 18.8 Å². The van der Waals surface area contributed by atoms with E-state index in [1.54, 1.807) is 0 Å². The summed E-state index contributed by atoms with van der Waals surface area (Å²) in [5.74, 6) is 2.68. The standard InChI is InChI=1S/C14H21N5/c1-3-11-5-4-7-18(9-11)14-13-16-6-8-19(13)10-12(15-2)17-14/h6,8,10-11,15H,3-5,7,9H2,1-2H3. The van der Waals surface area contributed by atoms with E-state index in [1.165, 1.54) is 19.3 Å². The third-order valence-corrected chi connectivity index (χ3v) is 4.01. The molecular formula is C14H21N5. The highest BCUT2D eigenvalue weighted by Gasteiger charge is 2.22. The van der Waals surface area contributed by atoms with Crippen LogP contribution in [0, 0.1) is 5.92 Å². The van der Waals surface area contributed by atoms with Crippen molar-refractivity contribution in [1.82, 2.24) is 14.4 Å². The minimum atomic E-state index is 0.781. The Morgan fingerprint density at radius 3 is 3.16 bits per heavy atom. The first kappa shape index (κ1) is 12.3. The molecule has 1 fully saturated rings. The summed E-state index contributed by atoms with van der Waals surface area (Å²) in [7, 11) is 1.90. The van der Waals surface area contributed by atoms with Crippen molar-refractivity contribution in [1.29, 1.82) is 0 Å². The summed E-state index contributed by atoms with van der Waals surface area (Å²) < 4.78 is 2.05. The molecule has 5 heteroatoms. The molecule has 19 heavy (non-hydrogen) atoms. The van der Waals surface area contributed by atoms with Crippen molar-refractivity contribution in [2.75, 3.05) is 30.4 Å². The first-order valence-corrected chi connectivity index (χ1v) is 7.08. The highest BCUT2D eigenvalue weighted by Crippen LogP contribution is 2.27. The van der Waals surface area contributed by atoms with E-state index in [0.29, 0.717) is 0 Å². The predicted molar refractivity (Wildman–Crippen MR) is 77.8 cm³/mol. The van der Waals surface area contributed by atoms with Gasteiger partial charge in [0.1, 0.15) is 5.82 Å². The number of hydrogen-bond donors (Lipinski definition) is 1. The monoisotopic (exact) mass is 259 g/mol. The summed E-state index contributed by atoms with van der Waals surface area (Å²) in [6, 6.07) is 0. The van der Waals surface area contributed by atoms with Crippen LogP contribution in [-0.4, -0.2) is 34.5 Å². The van der Waals surface area contributed by atoms with Crippen molar-refractivity contribution < 1.29 is 0 Å². The zero-order chi connectivity index (χ0) is 13.2. The van der Waals surface area contributed by atoms with Crippen LogP contribution >= 0.6 is 0 Å². The van der Waals surface area contributed by atoms with Crippen LogP contribution in [0.15, 0.2) is 18.6 Å². The Balaban J connectivity index is 2.00. The minimum Gasteiger partial charge on any atom is -0.372 e. The number of imidazole rings is 1.